The lowest BCUT2D eigenvalue weighted by Crippen LogP contribution is -2.13. The predicted octanol–water partition coefficient (Wildman–Crippen LogP) is 16.1. The second-order valence-electron chi connectivity index (χ2n) is 16.1. The fourth-order valence-corrected chi connectivity index (χ4v) is 8.82. The molecule has 0 saturated heterocycles. The van der Waals surface area contributed by atoms with Crippen molar-refractivity contribution in [3.63, 3.8) is 0 Å². The molecular formula is C56H43N. The fraction of sp³-hybridized carbons (Fsp3) is 0.0714. The Hall–Kier alpha value is -6.96. The summed E-state index contributed by atoms with van der Waals surface area (Å²) < 4.78 is 0. The fourth-order valence-electron chi connectivity index (χ4n) is 8.82. The summed E-state index contributed by atoms with van der Waals surface area (Å²) in [6.45, 7) is 6.83. The smallest absolute Gasteiger partial charge is 0.0540 e. The number of fused-ring (bicyclic) bond motifs is 7. The third-order valence-electron chi connectivity index (χ3n) is 11.6. The minimum atomic E-state index is 0.0550. The monoisotopic (exact) mass is 729 g/mol. The van der Waals surface area contributed by atoms with Crippen LogP contribution in [0.2, 0.25) is 0 Å². The SMILES string of the molecule is CC(C)(C)c1ccc(N(c2ccc3c(c2)c2ccccc2c2c(-c4ccccc4)cc(-c4ccccc4)c(-c4ccccc4)c32)c2cccc3ccccc23)cc1. The number of anilines is 3. The van der Waals surface area contributed by atoms with Gasteiger partial charge in [0.25, 0.3) is 0 Å². The maximum atomic E-state index is 2.45. The van der Waals surface area contributed by atoms with Crippen molar-refractivity contribution in [3.8, 4) is 33.4 Å². The van der Waals surface area contributed by atoms with Gasteiger partial charge < -0.3 is 4.90 Å². The molecule has 0 atom stereocenters. The minimum absolute atomic E-state index is 0.0550. The second-order valence-corrected chi connectivity index (χ2v) is 16.1. The average molecular weight is 730 g/mol. The Labute approximate surface area is 335 Å². The van der Waals surface area contributed by atoms with E-state index in [4.69, 9.17) is 0 Å². The van der Waals surface area contributed by atoms with E-state index in [2.05, 4.69) is 232 Å². The standard InChI is InChI=1S/C56H43N/c1-56(2,3)42-30-32-43(33-31-42)57(52-29-17-25-38-22-13-14-26-45(38)52)44-34-35-48-51(36-44)46-27-15-16-28-47(46)54-50(40-20-9-5-10-21-40)37-49(39-18-7-4-8-19-39)53(55(48)54)41-23-11-6-12-24-41/h4-37H,1-3H3. The summed E-state index contributed by atoms with van der Waals surface area (Å²) in [5.41, 5.74) is 12.1. The van der Waals surface area contributed by atoms with Crippen LogP contribution in [0.5, 0.6) is 0 Å². The zero-order valence-corrected chi connectivity index (χ0v) is 32.6. The molecule has 0 spiro atoms. The highest BCUT2D eigenvalue weighted by molar-refractivity contribution is 6.33. The first-order valence-electron chi connectivity index (χ1n) is 19.9. The van der Waals surface area contributed by atoms with Crippen LogP contribution in [0.25, 0.3) is 76.5 Å². The van der Waals surface area contributed by atoms with Crippen LogP contribution in [0.3, 0.4) is 0 Å². The number of hydrogen-bond donors (Lipinski definition) is 0. The van der Waals surface area contributed by atoms with Crippen LogP contribution in [-0.4, -0.2) is 0 Å². The van der Waals surface area contributed by atoms with E-state index >= 15 is 0 Å². The van der Waals surface area contributed by atoms with Crippen molar-refractivity contribution >= 4 is 60.2 Å². The van der Waals surface area contributed by atoms with Gasteiger partial charge in [-0.3, -0.25) is 0 Å². The predicted molar refractivity (Wildman–Crippen MR) is 246 cm³/mol. The van der Waals surface area contributed by atoms with Crippen molar-refractivity contribution < 1.29 is 0 Å². The van der Waals surface area contributed by atoms with Gasteiger partial charge in [0.15, 0.2) is 0 Å². The first-order valence-corrected chi connectivity index (χ1v) is 19.9. The van der Waals surface area contributed by atoms with Gasteiger partial charge in [0.1, 0.15) is 0 Å². The molecule has 0 amide bonds. The molecule has 10 rings (SSSR count). The van der Waals surface area contributed by atoms with E-state index in [-0.39, 0.29) is 5.41 Å². The molecule has 0 unspecified atom stereocenters. The zero-order valence-electron chi connectivity index (χ0n) is 32.6. The molecule has 0 radical (unpaired) electrons. The number of benzene rings is 10. The molecule has 0 saturated carbocycles. The van der Waals surface area contributed by atoms with Crippen LogP contribution >= 0.6 is 0 Å². The highest BCUT2D eigenvalue weighted by atomic mass is 15.1. The van der Waals surface area contributed by atoms with Gasteiger partial charge in [-0.1, -0.05) is 191 Å². The number of rotatable bonds is 6. The van der Waals surface area contributed by atoms with E-state index in [1.165, 1.54) is 82.0 Å². The van der Waals surface area contributed by atoms with Gasteiger partial charge in [0.2, 0.25) is 0 Å². The maximum Gasteiger partial charge on any atom is 0.0540 e. The molecule has 0 aliphatic carbocycles. The van der Waals surface area contributed by atoms with E-state index in [0.717, 1.165) is 17.1 Å². The van der Waals surface area contributed by atoms with Crippen molar-refractivity contribution in [1.29, 1.82) is 0 Å². The summed E-state index contributed by atoms with van der Waals surface area (Å²) >= 11 is 0. The minimum Gasteiger partial charge on any atom is -0.310 e. The van der Waals surface area contributed by atoms with Crippen molar-refractivity contribution in [3.05, 3.63) is 212 Å². The first-order chi connectivity index (χ1) is 27.9. The van der Waals surface area contributed by atoms with Crippen LogP contribution < -0.4 is 4.90 Å². The van der Waals surface area contributed by atoms with Crippen LogP contribution in [-0.2, 0) is 5.41 Å². The molecule has 1 heteroatoms. The molecule has 0 N–H and O–H groups in total. The molecule has 0 bridgehead atoms. The Morgan fingerprint density at radius 2 is 0.877 bits per heavy atom. The molecule has 57 heavy (non-hydrogen) atoms. The summed E-state index contributed by atoms with van der Waals surface area (Å²) in [7, 11) is 0. The van der Waals surface area contributed by atoms with Gasteiger partial charge in [-0.2, -0.15) is 0 Å². The van der Waals surface area contributed by atoms with Gasteiger partial charge in [-0.15, -0.1) is 0 Å². The lowest BCUT2D eigenvalue weighted by molar-refractivity contribution is 0.590. The quantitative estimate of drug-likeness (QED) is 0.154. The van der Waals surface area contributed by atoms with E-state index < -0.39 is 0 Å². The van der Waals surface area contributed by atoms with Crippen molar-refractivity contribution in [1.82, 2.24) is 0 Å². The van der Waals surface area contributed by atoms with Crippen LogP contribution in [0.15, 0.2) is 206 Å². The van der Waals surface area contributed by atoms with Crippen molar-refractivity contribution in [2.75, 3.05) is 4.90 Å². The molecule has 10 aromatic rings. The van der Waals surface area contributed by atoms with E-state index in [1.807, 2.05) is 0 Å². The molecule has 0 aromatic heterocycles. The van der Waals surface area contributed by atoms with Crippen LogP contribution in [0.4, 0.5) is 17.1 Å². The molecule has 10 aromatic carbocycles. The van der Waals surface area contributed by atoms with E-state index in [9.17, 15) is 0 Å². The van der Waals surface area contributed by atoms with Crippen LogP contribution in [0.1, 0.15) is 26.3 Å². The highest BCUT2D eigenvalue weighted by Crippen LogP contribution is 2.50. The zero-order chi connectivity index (χ0) is 38.5. The lowest BCUT2D eigenvalue weighted by atomic mass is 9.81. The molecular weight excluding hydrogens is 687 g/mol. The van der Waals surface area contributed by atoms with Gasteiger partial charge in [0, 0.05) is 16.8 Å². The summed E-state index contributed by atoms with van der Waals surface area (Å²) in [6.07, 6.45) is 0. The van der Waals surface area contributed by atoms with E-state index in [1.54, 1.807) is 0 Å². The normalized spacial score (nSPS) is 11.8. The topological polar surface area (TPSA) is 3.24 Å². The number of nitrogens with zero attached hydrogens (tertiary/aromatic N) is 1. The van der Waals surface area contributed by atoms with Gasteiger partial charge in [0.05, 0.1) is 5.69 Å². The van der Waals surface area contributed by atoms with Crippen molar-refractivity contribution in [2.45, 2.75) is 26.2 Å². The number of hydrogen-bond acceptors (Lipinski definition) is 1. The largest absolute Gasteiger partial charge is 0.310 e. The molecule has 0 aliphatic heterocycles. The summed E-state index contributed by atoms with van der Waals surface area (Å²) in [5, 5.41) is 9.95. The molecule has 0 fully saturated rings. The Morgan fingerprint density at radius 3 is 1.54 bits per heavy atom. The molecule has 0 heterocycles. The summed E-state index contributed by atoms with van der Waals surface area (Å²) in [5.74, 6) is 0. The van der Waals surface area contributed by atoms with Crippen LogP contribution in [0, 0.1) is 0 Å². The molecule has 1 nitrogen and oxygen atoms in total. The molecule has 0 aliphatic rings. The second kappa shape index (κ2) is 14.0. The van der Waals surface area contributed by atoms with Gasteiger partial charge >= 0.3 is 0 Å². The Morgan fingerprint density at radius 1 is 0.351 bits per heavy atom. The van der Waals surface area contributed by atoms with Crippen molar-refractivity contribution in [2.24, 2.45) is 0 Å². The van der Waals surface area contributed by atoms with Gasteiger partial charge in [-0.05, 0) is 118 Å². The third-order valence-corrected chi connectivity index (χ3v) is 11.6. The average Bonchev–Trinajstić information content (AvgIpc) is 3.27. The first kappa shape index (κ1) is 34.5. The third kappa shape index (κ3) is 6.04. The summed E-state index contributed by atoms with van der Waals surface area (Å²) in [4.78, 5) is 2.45. The van der Waals surface area contributed by atoms with E-state index in [0.29, 0.717) is 0 Å². The molecule has 272 valence electrons. The Bertz CT molecular complexity index is 3060. The van der Waals surface area contributed by atoms with Gasteiger partial charge in [-0.25, -0.2) is 0 Å². The summed E-state index contributed by atoms with van der Waals surface area (Å²) in [6, 6.07) is 75.9. The Kier molecular flexibility index (Phi) is 8.46. The lowest BCUT2D eigenvalue weighted by Gasteiger charge is -2.29. The Balaban J connectivity index is 1.35. The maximum absolute atomic E-state index is 2.45. The highest BCUT2D eigenvalue weighted by Gasteiger charge is 2.23.